The molecule has 0 bridgehead atoms. The van der Waals surface area contributed by atoms with E-state index in [-0.39, 0.29) is 13.2 Å². The minimum atomic E-state index is -0.674. The van der Waals surface area contributed by atoms with Crippen LogP contribution in [-0.2, 0) is 4.74 Å². The highest BCUT2D eigenvalue weighted by Gasteiger charge is 2.07. The van der Waals surface area contributed by atoms with Gasteiger partial charge in [-0.15, -0.1) is 0 Å². The molecule has 0 unspecified atom stereocenters. The fourth-order valence-electron chi connectivity index (χ4n) is 1.66. The van der Waals surface area contributed by atoms with Gasteiger partial charge < -0.3 is 14.8 Å². The summed E-state index contributed by atoms with van der Waals surface area (Å²) in [6.07, 6.45) is -1.30. The lowest BCUT2D eigenvalue weighted by atomic mass is 10.3. The van der Waals surface area contributed by atoms with Crippen molar-refractivity contribution in [2.75, 3.05) is 18.5 Å². The van der Waals surface area contributed by atoms with Crippen LogP contribution in [0.3, 0.4) is 0 Å². The third-order valence-corrected chi connectivity index (χ3v) is 3.46. The van der Waals surface area contributed by atoms with E-state index in [0.717, 1.165) is 0 Å². The summed E-state index contributed by atoms with van der Waals surface area (Å²) >= 11 is 11.6. The average molecular weight is 369 g/mol. The Labute approximate surface area is 148 Å². The van der Waals surface area contributed by atoms with Gasteiger partial charge in [0.25, 0.3) is 0 Å². The normalized spacial score (nSPS) is 9.92. The molecule has 0 aromatic heterocycles. The highest BCUT2D eigenvalue weighted by atomic mass is 35.5. The van der Waals surface area contributed by atoms with Gasteiger partial charge in [0.2, 0.25) is 0 Å². The number of anilines is 1. The van der Waals surface area contributed by atoms with Crippen molar-refractivity contribution in [1.29, 1.82) is 0 Å². The first-order valence-corrected chi connectivity index (χ1v) is 7.70. The van der Waals surface area contributed by atoms with Crippen LogP contribution in [0.4, 0.5) is 15.3 Å². The van der Waals surface area contributed by atoms with E-state index in [0.29, 0.717) is 21.5 Å². The molecule has 0 aliphatic carbocycles. The first kappa shape index (κ1) is 17.9. The molecule has 0 atom stereocenters. The average Bonchev–Trinajstić information content (AvgIpc) is 2.56. The zero-order valence-corrected chi connectivity index (χ0v) is 13.9. The predicted octanol–water partition coefficient (Wildman–Crippen LogP) is 4.33. The number of amides is 2. The monoisotopic (exact) mass is 368 g/mol. The number of benzene rings is 2. The SMILES string of the molecule is O=C(Nc1ccc(Cl)c(Cl)c1)OCCNC(=O)Oc1ccccc1. The molecule has 0 fully saturated rings. The molecular formula is C16H14Cl2N2O4. The summed E-state index contributed by atoms with van der Waals surface area (Å²) in [5.74, 6) is 0.424. The van der Waals surface area contributed by atoms with E-state index in [4.69, 9.17) is 32.7 Å². The summed E-state index contributed by atoms with van der Waals surface area (Å²) in [7, 11) is 0. The lowest BCUT2D eigenvalue weighted by Crippen LogP contribution is -2.31. The predicted molar refractivity (Wildman–Crippen MR) is 91.9 cm³/mol. The van der Waals surface area contributed by atoms with Crippen LogP contribution < -0.4 is 15.4 Å². The third kappa shape index (κ3) is 5.98. The molecule has 0 saturated carbocycles. The van der Waals surface area contributed by atoms with E-state index in [1.807, 2.05) is 6.07 Å². The summed E-state index contributed by atoms with van der Waals surface area (Å²) in [5.41, 5.74) is 0.450. The number of ether oxygens (including phenoxy) is 2. The van der Waals surface area contributed by atoms with Crippen molar-refractivity contribution in [3.05, 3.63) is 58.6 Å². The summed E-state index contributed by atoms with van der Waals surface area (Å²) in [4.78, 5) is 23.1. The second kappa shape index (κ2) is 9.00. The minimum Gasteiger partial charge on any atom is -0.447 e. The standard InChI is InChI=1S/C16H14Cl2N2O4/c17-13-7-6-11(10-14(13)18)20-16(22)23-9-8-19-15(21)24-12-4-2-1-3-5-12/h1-7,10H,8-9H2,(H,19,21)(H,20,22). The molecule has 0 radical (unpaired) electrons. The molecule has 24 heavy (non-hydrogen) atoms. The summed E-state index contributed by atoms with van der Waals surface area (Å²) in [6.45, 7) is 0.0947. The van der Waals surface area contributed by atoms with Crippen LogP contribution in [0.1, 0.15) is 0 Å². The van der Waals surface area contributed by atoms with Crippen LogP contribution in [0, 0.1) is 0 Å². The van der Waals surface area contributed by atoms with E-state index >= 15 is 0 Å². The summed E-state index contributed by atoms with van der Waals surface area (Å²) < 4.78 is 9.93. The van der Waals surface area contributed by atoms with Gasteiger partial charge in [0.15, 0.2) is 0 Å². The molecule has 126 valence electrons. The molecule has 0 heterocycles. The van der Waals surface area contributed by atoms with E-state index in [1.165, 1.54) is 6.07 Å². The van der Waals surface area contributed by atoms with E-state index in [2.05, 4.69) is 10.6 Å². The highest BCUT2D eigenvalue weighted by Crippen LogP contribution is 2.24. The zero-order chi connectivity index (χ0) is 17.4. The number of hydrogen-bond acceptors (Lipinski definition) is 4. The Hall–Kier alpha value is -2.44. The summed E-state index contributed by atoms with van der Waals surface area (Å²) in [6, 6.07) is 13.3. The van der Waals surface area contributed by atoms with Crippen molar-refractivity contribution >= 4 is 41.1 Å². The molecule has 2 aromatic rings. The van der Waals surface area contributed by atoms with E-state index in [9.17, 15) is 9.59 Å². The van der Waals surface area contributed by atoms with Crippen molar-refractivity contribution in [2.45, 2.75) is 0 Å². The van der Waals surface area contributed by atoms with Gasteiger partial charge in [0, 0.05) is 5.69 Å². The van der Waals surface area contributed by atoms with Crippen LogP contribution in [0.25, 0.3) is 0 Å². The molecule has 0 saturated heterocycles. The van der Waals surface area contributed by atoms with Crippen LogP contribution >= 0.6 is 23.2 Å². The van der Waals surface area contributed by atoms with Gasteiger partial charge in [-0.25, -0.2) is 9.59 Å². The van der Waals surface area contributed by atoms with Crippen molar-refractivity contribution in [3.8, 4) is 5.75 Å². The second-order valence-electron chi connectivity index (χ2n) is 4.52. The topological polar surface area (TPSA) is 76.7 Å². The number of carbonyl (C=O) groups excluding carboxylic acids is 2. The Balaban J connectivity index is 1.65. The highest BCUT2D eigenvalue weighted by molar-refractivity contribution is 6.42. The van der Waals surface area contributed by atoms with Gasteiger partial charge in [-0.2, -0.15) is 0 Å². The number of hydrogen-bond donors (Lipinski definition) is 2. The van der Waals surface area contributed by atoms with Crippen molar-refractivity contribution in [2.24, 2.45) is 0 Å². The van der Waals surface area contributed by atoms with Crippen LogP contribution in [0.2, 0.25) is 10.0 Å². The number of para-hydroxylation sites is 1. The number of rotatable bonds is 5. The van der Waals surface area contributed by atoms with Gasteiger partial charge >= 0.3 is 12.2 Å². The number of carbonyl (C=O) groups is 2. The maximum atomic E-state index is 11.6. The largest absolute Gasteiger partial charge is 0.447 e. The van der Waals surface area contributed by atoms with E-state index in [1.54, 1.807) is 36.4 Å². The molecule has 6 nitrogen and oxygen atoms in total. The molecule has 2 rings (SSSR count). The van der Waals surface area contributed by atoms with Crippen molar-refractivity contribution < 1.29 is 19.1 Å². The first-order chi connectivity index (χ1) is 11.5. The second-order valence-corrected chi connectivity index (χ2v) is 5.33. The molecular weight excluding hydrogens is 355 g/mol. The zero-order valence-electron chi connectivity index (χ0n) is 12.4. The molecule has 8 heteroatoms. The van der Waals surface area contributed by atoms with Gasteiger partial charge in [0.05, 0.1) is 16.6 Å². The quantitative estimate of drug-likeness (QED) is 0.770. The Morgan fingerprint density at radius 2 is 1.71 bits per heavy atom. The lowest BCUT2D eigenvalue weighted by molar-refractivity contribution is 0.158. The Bertz CT molecular complexity index is 710. The van der Waals surface area contributed by atoms with E-state index < -0.39 is 12.2 Å². The molecule has 2 aromatic carbocycles. The smallest absolute Gasteiger partial charge is 0.412 e. The van der Waals surface area contributed by atoms with Crippen molar-refractivity contribution in [3.63, 3.8) is 0 Å². The first-order valence-electron chi connectivity index (χ1n) is 6.94. The lowest BCUT2D eigenvalue weighted by Gasteiger charge is -2.09. The molecule has 2 amide bonds. The molecule has 0 aliphatic heterocycles. The molecule has 2 N–H and O–H groups in total. The van der Waals surface area contributed by atoms with Gasteiger partial charge in [0.1, 0.15) is 12.4 Å². The van der Waals surface area contributed by atoms with Crippen LogP contribution in [-0.4, -0.2) is 25.3 Å². The fraction of sp³-hybridized carbons (Fsp3) is 0.125. The molecule has 0 aliphatic rings. The van der Waals surface area contributed by atoms with Gasteiger partial charge in [-0.05, 0) is 30.3 Å². The van der Waals surface area contributed by atoms with Crippen LogP contribution in [0.15, 0.2) is 48.5 Å². The maximum Gasteiger partial charge on any atom is 0.412 e. The Morgan fingerprint density at radius 3 is 2.42 bits per heavy atom. The summed E-state index contributed by atoms with van der Waals surface area (Å²) in [5, 5.41) is 5.66. The number of halogens is 2. The van der Waals surface area contributed by atoms with Gasteiger partial charge in [-0.3, -0.25) is 5.32 Å². The molecule has 0 spiro atoms. The third-order valence-electron chi connectivity index (χ3n) is 2.72. The number of nitrogens with one attached hydrogen (secondary N) is 2. The Morgan fingerprint density at radius 1 is 0.958 bits per heavy atom. The van der Waals surface area contributed by atoms with Crippen LogP contribution in [0.5, 0.6) is 5.75 Å². The maximum absolute atomic E-state index is 11.6. The Kier molecular flexibility index (Phi) is 6.72. The van der Waals surface area contributed by atoms with Crippen molar-refractivity contribution in [1.82, 2.24) is 5.32 Å². The van der Waals surface area contributed by atoms with Gasteiger partial charge in [-0.1, -0.05) is 41.4 Å². The fourth-order valence-corrected chi connectivity index (χ4v) is 1.95. The minimum absolute atomic E-state index is 0.0168.